The van der Waals surface area contributed by atoms with Crippen LogP contribution in [-0.2, 0) is 17.8 Å². The molecule has 0 saturated carbocycles. The van der Waals surface area contributed by atoms with Gasteiger partial charge in [0.1, 0.15) is 5.75 Å². The molecule has 1 amide bonds. The number of methoxy groups -OCH3 is 1. The molecular formula is C18H22N2O2. The molecule has 2 aromatic carbocycles. The van der Waals surface area contributed by atoms with Crippen molar-refractivity contribution >= 4 is 11.6 Å². The lowest BCUT2D eigenvalue weighted by Crippen LogP contribution is -2.28. The highest BCUT2D eigenvalue weighted by atomic mass is 16.5. The van der Waals surface area contributed by atoms with Gasteiger partial charge in [-0.2, -0.15) is 0 Å². The molecule has 22 heavy (non-hydrogen) atoms. The lowest BCUT2D eigenvalue weighted by atomic mass is 10.1. The van der Waals surface area contributed by atoms with Crippen LogP contribution in [0.5, 0.6) is 5.75 Å². The zero-order chi connectivity index (χ0) is 15.8. The summed E-state index contributed by atoms with van der Waals surface area (Å²) >= 11 is 0. The van der Waals surface area contributed by atoms with Gasteiger partial charge in [0, 0.05) is 17.8 Å². The van der Waals surface area contributed by atoms with E-state index in [2.05, 4.69) is 17.6 Å². The summed E-state index contributed by atoms with van der Waals surface area (Å²) in [4.78, 5) is 12.0. The Morgan fingerprint density at radius 2 is 1.73 bits per heavy atom. The van der Waals surface area contributed by atoms with Crippen LogP contribution in [0.1, 0.15) is 18.1 Å². The lowest BCUT2D eigenvalue weighted by Gasteiger charge is -2.11. The van der Waals surface area contributed by atoms with Crippen LogP contribution < -0.4 is 15.4 Å². The molecule has 0 fully saturated rings. The highest BCUT2D eigenvalue weighted by Gasteiger charge is 2.06. The van der Waals surface area contributed by atoms with Crippen molar-refractivity contribution in [2.45, 2.75) is 19.9 Å². The zero-order valence-corrected chi connectivity index (χ0v) is 13.1. The number of carbonyl (C=O) groups excluding carboxylic acids is 1. The Morgan fingerprint density at radius 3 is 2.45 bits per heavy atom. The molecule has 0 aliphatic heterocycles. The molecule has 0 aromatic heterocycles. The minimum atomic E-state index is -0.0456. The van der Waals surface area contributed by atoms with Gasteiger partial charge in [-0.05, 0) is 24.1 Å². The fourth-order valence-electron chi connectivity index (χ4n) is 2.30. The van der Waals surface area contributed by atoms with E-state index in [9.17, 15) is 4.79 Å². The summed E-state index contributed by atoms with van der Waals surface area (Å²) in [5, 5.41) is 6.09. The van der Waals surface area contributed by atoms with Gasteiger partial charge in [0.25, 0.3) is 0 Å². The number of rotatable bonds is 7. The second-order valence-electron chi connectivity index (χ2n) is 4.97. The maximum absolute atomic E-state index is 12.0. The number of amides is 1. The molecule has 2 N–H and O–H groups in total. The van der Waals surface area contributed by atoms with Crippen molar-refractivity contribution in [1.29, 1.82) is 0 Å². The average molecular weight is 298 g/mol. The first-order valence-electron chi connectivity index (χ1n) is 7.45. The van der Waals surface area contributed by atoms with Gasteiger partial charge in [-0.25, -0.2) is 0 Å². The summed E-state index contributed by atoms with van der Waals surface area (Å²) in [5.74, 6) is 0.780. The molecular weight excluding hydrogens is 276 g/mol. The fraction of sp³-hybridized carbons (Fsp3) is 0.278. The predicted molar refractivity (Wildman–Crippen MR) is 89.2 cm³/mol. The summed E-state index contributed by atoms with van der Waals surface area (Å²) in [7, 11) is 1.65. The Balaban J connectivity index is 1.85. The number of aryl methyl sites for hydroxylation is 1. The van der Waals surface area contributed by atoms with Crippen molar-refractivity contribution in [2.75, 3.05) is 19.0 Å². The van der Waals surface area contributed by atoms with Crippen molar-refractivity contribution in [3.63, 3.8) is 0 Å². The molecule has 2 rings (SSSR count). The third kappa shape index (κ3) is 4.33. The molecule has 116 valence electrons. The smallest absolute Gasteiger partial charge is 0.238 e. The van der Waals surface area contributed by atoms with Crippen LogP contribution in [0.3, 0.4) is 0 Å². The minimum Gasteiger partial charge on any atom is -0.496 e. The highest BCUT2D eigenvalue weighted by Crippen LogP contribution is 2.17. The Labute approximate surface area is 131 Å². The van der Waals surface area contributed by atoms with Gasteiger partial charge in [-0.3, -0.25) is 4.79 Å². The summed E-state index contributed by atoms with van der Waals surface area (Å²) in [6.45, 7) is 2.92. The van der Waals surface area contributed by atoms with E-state index < -0.39 is 0 Å². The van der Waals surface area contributed by atoms with Crippen LogP contribution in [0, 0.1) is 0 Å². The first-order chi connectivity index (χ1) is 10.7. The van der Waals surface area contributed by atoms with Gasteiger partial charge in [-0.1, -0.05) is 43.3 Å². The summed E-state index contributed by atoms with van der Waals surface area (Å²) in [6, 6.07) is 15.6. The first-order valence-corrected chi connectivity index (χ1v) is 7.45. The molecule has 0 unspecified atom stereocenters. The van der Waals surface area contributed by atoms with Crippen molar-refractivity contribution in [3.8, 4) is 5.75 Å². The standard InChI is InChI=1S/C18H22N2O2/c1-3-14-8-4-6-10-16(14)20-18(21)13-19-12-15-9-5-7-11-17(15)22-2/h4-11,19H,3,12-13H2,1-2H3,(H,20,21). The third-order valence-electron chi connectivity index (χ3n) is 3.47. The van der Waals surface area contributed by atoms with E-state index >= 15 is 0 Å². The number of ether oxygens (including phenoxy) is 1. The Hall–Kier alpha value is -2.33. The number of benzene rings is 2. The molecule has 0 saturated heterocycles. The molecule has 0 bridgehead atoms. The minimum absolute atomic E-state index is 0.0456. The second kappa shape index (κ2) is 8.20. The fourth-order valence-corrected chi connectivity index (χ4v) is 2.30. The van der Waals surface area contributed by atoms with Crippen molar-refractivity contribution in [1.82, 2.24) is 5.32 Å². The second-order valence-corrected chi connectivity index (χ2v) is 4.97. The molecule has 4 nitrogen and oxygen atoms in total. The van der Waals surface area contributed by atoms with E-state index in [4.69, 9.17) is 4.74 Å². The molecule has 0 aliphatic carbocycles. The summed E-state index contributed by atoms with van der Waals surface area (Å²) in [5.41, 5.74) is 3.06. The number of hydrogen-bond acceptors (Lipinski definition) is 3. The van der Waals surface area contributed by atoms with Crippen molar-refractivity contribution in [3.05, 3.63) is 59.7 Å². The van der Waals surface area contributed by atoms with Gasteiger partial charge in [0.05, 0.1) is 13.7 Å². The molecule has 0 heterocycles. The van der Waals surface area contributed by atoms with Gasteiger partial charge < -0.3 is 15.4 Å². The Morgan fingerprint density at radius 1 is 1.05 bits per heavy atom. The van der Waals surface area contributed by atoms with Gasteiger partial charge in [0.15, 0.2) is 0 Å². The summed E-state index contributed by atoms with van der Waals surface area (Å²) in [6.07, 6.45) is 0.894. The first kappa shape index (κ1) is 16.0. The van der Waals surface area contributed by atoms with Crippen molar-refractivity contribution < 1.29 is 9.53 Å². The number of nitrogens with one attached hydrogen (secondary N) is 2. The average Bonchev–Trinajstić information content (AvgIpc) is 2.55. The number of carbonyl (C=O) groups is 1. The number of hydrogen-bond donors (Lipinski definition) is 2. The largest absolute Gasteiger partial charge is 0.496 e. The SMILES string of the molecule is CCc1ccccc1NC(=O)CNCc1ccccc1OC. The van der Waals surface area contributed by atoms with Crippen LogP contribution >= 0.6 is 0 Å². The van der Waals surface area contributed by atoms with Gasteiger partial charge in [0.2, 0.25) is 5.91 Å². The maximum Gasteiger partial charge on any atom is 0.238 e. The third-order valence-corrected chi connectivity index (χ3v) is 3.47. The molecule has 0 aliphatic rings. The van der Waals surface area contributed by atoms with Crippen LogP contribution in [-0.4, -0.2) is 19.6 Å². The zero-order valence-electron chi connectivity index (χ0n) is 13.1. The lowest BCUT2D eigenvalue weighted by molar-refractivity contribution is -0.115. The molecule has 0 spiro atoms. The van der Waals surface area contributed by atoms with E-state index in [1.165, 1.54) is 0 Å². The van der Waals surface area contributed by atoms with Crippen LogP contribution in [0.25, 0.3) is 0 Å². The molecule has 0 atom stereocenters. The molecule has 2 aromatic rings. The predicted octanol–water partition coefficient (Wildman–Crippen LogP) is 2.99. The Kier molecular flexibility index (Phi) is 5.98. The normalized spacial score (nSPS) is 10.3. The molecule has 0 radical (unpaired) electrons. The maximum atomic E-state index is 12.0. The number of anilines is 1. The monoisotopic (exact) mass is 298 g/mol. The van der Waals surface area contributed by atoms with Crippen molar-refractivity contribution in [2.24, 2.45) is 0 Å². The van der Waals surface area contributed by atoms with Crippen LogP contribution in [0.4, 0.5) is 5.69 Å². The van der Waals surface area contributed by atoms with Crippen LogP contribution in [0.15, 0.2) is 48.5 Å². The number of para-hydroxylation sites is 2. The topological polar surface area (TPSA) is 50.4 Å². The molecule has 4 heteroatoms. The summed E-state index contributed by atoms with van der Waals surface area (Å²) < 4.78 is 5.29. The van der Waals surface area contributed by atoms with Gasteiger partial charge in [-0.15, -0.1) is 0 Å². The highest BCUT2D eigenvalue weighted by molar-refractivity contribution is 5.92. The quantitative estimate of drug-likeness (QED) is 0.826. The van der Waals surface area contributed by atoms with E-state index in [-0.39, 0.29) is 12.5 Å². The van der Waals surface area contributed by atoms with E-state index in [0.717, 1.165) is 29.0 Å². The van der Waals surface area contributed by atoms with Crippen LogP contribution in [0.2, 0.25) is 0 Å². The van der Waals surface area contributed by atoms with Gasteiger partial charge >= 0.3 is 0 Å². The van der Waals surface area contributed by atoms with E-state index in [1.807, 2.05) is 48.5 Å². The Bertz CT molecular complexity index is 626. The van der Waals surface area contributed by atoms with E-state index in [1.54, 1.807) is 7.11 Å². The van der Waals surface area contributed by atoms with E-state index in [0.29, 0.717) is 6.54 Å².